The summed E-state index contributed by atoms with van der Waals surface area (Å²) < 4.78 is 15.0. The van der Waals surface area contributed by atoms with Crippen molar-refractivity contribution < 1.29 is 9.18 Å². The molecular formula is C24H24FN5O. The highest BCUT2D eigenvalue weighted by molar-refractivity contribution is 5.95. The van der Waals surface area contributed by atoms with Crippen LogP contribution in [0, 0.1) is 5.82 Å². The van der Waals surface area contributed by atoms with Crippen molar-refractivity contribution in [3.05, 3.63) is 89.9 Å². The predicted octanol–water partition coefficient (Wildman–Crippen LogP) is 5.02. The Hall–Kier alpha value is -3.74. The molecule has 0 aliphatic carbocycles. The monoisotopic (exact) mass is 417 g/mol. The number of benzene rings is 2. The Labute approximate surface area is 180 Å². The lowest BCUT2D eigenvalue weighted by Gasteiger charge is -2.15. The number of imidazole rings is 1. The van der Waals surface area contributed by atoms with E-state index in [9.17, 15) is 9.18 Å². The van der Waals surface area contributed by atoms with Gasteiger partial charge < -0.3 is 10.3 Å². The van der Waals surface area contributed by atoms with Crippen LogP contribution >= 0.6 is 0 Å². The van der Waals surface area contributed by atoms with Crippen LogP contribution in [0.5, 0.6) is 0 Å². The number of hydrogen-bond donors (Lipinski definition) is 2. The van der Waals surface area contributed by atoms with Gasteiger partial charge in [0.25, 0.3) is 5.91 Å². The van der Waals surface area contributed by atoms with Crippen LogP contribution in [0.15, 0.2) is 67.0 Å². The van der Waals surface area contributed by atoms with E-state index in [4.69, 9.17) is 0 Å². The maximum atomic E-state index is 13.3. The van der Waals surface area contributed by atoms with E-state index in [-0.39, 0.29) is 23.7 Å². The summed E-state index contributed by atoms with van der Waals surface area (Å²) in [6, 6.07) is 15.6. The SMILES string of the molecule is CC(C)c1c(C(=O)NC(C)c2ncc(-c3ccccc3)[nH]2)cnn1-c1ccc(F)cc1. The molecule has 0 spiro atoms. The lowest BCUT2D eigenvalue weighted by atomic mass is 10.0. The molecule has 0 fully saturated rings. The highest BCUT2D eigenvalue weighted by Crippen LogP contribution is 2.24. The summed E-state index contributed by atoms with van der Waals surface area (Å²) in [5.41, 5.74) is 3.88. The van der Waals surface area contributed by atoms with Crippen molar-refractivity contribution >= 4 is 5.91 Å². The maximum absolute atomic E-state index is 13.3. The summed E-state index contributed by atoms with van der Waals surface area (Å²) in [5, 5.41) is 7.39. The molecule has 2 N–H and O–H groups in total. The van der Waals surface area contributed by atoms with Gasteiger partial charge in [-0.15, -0.1) is 0 Å². The molecule has 6 nitrogen and oxygen atoms in total. The van der Waals surface area contributed by atoms with E-state index in [1.807, 2.05) is 51.1 Å². The number of rotatable bonds is 6. The molecule has 0 saturated carbocycles. The summed E-state index contributed by atoms with van der Waals surface area (Å²) in [7, 11) is 0. The van der Waals surface area contributed by atoms with Gasteiger partial charge in [0.05, 0.1) is 41.1 Å². The maximum Gasteiger partial charge on any atom is 0.255 e. The number of H-pyrrole nitrogens is 1. The Bertz CT molecular complexity index is 1180. The highest BCUT2D eigenvalue weighted by atomic mass is 19.1. The molecule has 0 aliphatic rings. The summed E-state index contributed by atoms with van der Waals surface area (Å²) in [6.07, 6.45) is 3.32. The zero-order chi connectivity index (χ0) is 22.0. The fourth-order valence-electron chi connectivity index (χ4n) is 3.54. The molecule has 0 bridgehead atoms. The Morgan fingerprint density at radius 3 is 2.42 bits per heavy atom. The number of aromatic amines is 1. The first kappa shape index (κ1) is 20.5. The number of amides is 1. The van der Waals surface area contributed by atoms with Crippen LogP contribution in [0.25, 0.3) is 16.9 Å². The van der Waals surface area contributed by atoms with Gasteiger partial charge in [0.2, 0.25) is 0 Å². The quantitative estimate of drug-likeness (QED) is 0.463. The van der Waals surface area contributed by atoms with E-state index in [1.165, 1.54) is 12.1 Å². The fraction of sp³-hybridized carbons (Fsp3) is 0.208. The molecule has 0 saturated heterocycles. The van der Waals surface area contributed by atoms with Crippen molar-refractivity contribution in [3.63, 3.8) is 0 Å². The molecule has 1 unspecified atom stereocenters. The van der Waals surface area contributed by atoms with Crippen molar-refractivity contribution in [2.75, 3.05) is 0 Å². The smallest absolute Gasteiger partial charge is 0.255 e. The van der Waals surface area contributed by atoms with Crippen LogP contribution in [0.2, 0.25) is 0 Å². The third-order valence-electron chi connectivity index (χ3n) is 5.11. The molecule has 2 aromatic heterocycles. The Morgan fingerprint density at radius 1 is 1.03 bits per heavy atom. The summed E-state index contributed by atoms with van der Waals surface area (Å²) in [5.74, 6) is 0.158. The van der Waals surface area contributed by atoms with Crippen LogP contribution in [0.3, 0.4) is 0 Å². The molecule has 2 heterocycles. The zero-order valence-corrected chi connectivity index (χ0v) is 17.6. The van der Waals surface area contributed by atoms with E-state index in [1.54, 1.807) is 29.2 Å². The number of carbonyl (C=O) groups is 1. The van der Waals surface area contributed by atoms with Crippen LogP contribution in [0.1, 0.15) is 54.6 Å². The molecule has 4 aromatic rings. The molecular weight excluding hydrogens is 393 g/mol. The van der Waals surface area contributed by atoms with E-state index >= 15 is 0 Å². The molecule has 2 aromatic carbocycles. The summed E-state index contributed by atoms with van der Waals surface area (Å²) in [4.78, 5) is 20.8. The molecule has 0 aliphatic heterocycles. The van der Waals surface area contributed by atoms with E-state index in [2.05, 4.69) is 20.4 Å². The van der Waals surface area contributed by atoms with Gasteiger partial charge in [0.1, 0.15) is 11.6 Å². The molecule has 158 valence electrons. The Kier molecular flexibility index (Phi) is 5.66. The first-order chi connectivity index (χ1) is 14.9. The van der Waals surface area contributed by atoms with Crippen molar-refractivity contribution in [2.45, 2.75) is 32.7 Å². The number of aromatic nitrogens is 4. The van der Waals surface area contributed by atoms with E-state index < -0.39 is 0 Å². The van der Waals surface area contributed by atoms with Crippen molar-refractivity contribution in [3.8, 4) is 16.9 Å². The molecule has 0 radical (unpaired) electrons. The number of nitrogens with one attached hydrogen (secondary N) is 2. The largest absolute Gasteiger partial charge is 0.342 e. The molecule has 1 atom stereocenters. The number of halogens is 1. The third kappa shape index (κ3) is 4.26. The highest BCUT2D eigenvalue weighted by Gasteiger charge is 2.23. The third-order valence-corrected chi connectivity index (χ3v) is 5.11. The molecule has 1 amide bonds. The van der Waals surface area contributed by atoms with Crippen LogP contribution in [0.4, 0.5) is 4.39 Å². The van der Waals surface area contributed by atoms with Gasteiger partial charge in [-0.2, -0.15) is 5.10 Å². The van der Waals surface area contributed by atoms with Crippen molar-refractivity contribution in [1.29, 1.82) is 0 Å². The molecule has 7 heteroatoms. The van der Waals surface area contributed by atoms with E-state index in [0.717, 1.165) is 17.0 Å². The molecule has 31 heavy (non-hydrogen) atoms. The second-order valence-corrected chi connectivity index (χ2v) is 7.73. The van der Waals surface area contributed by atoms with Crippen molar-refractivity contribution in [1.82, 2.24) is 25.1 Å². The second kappa shape index (κ2) is 8.55. The van der Waals surface area contributed by atoms with Gasteiger partial charge in [-0.25, -0.2) is 14.1 Å². The number of nitrogens with zero attached hydrogens (tertiary/aromatic N) is 3. The van der Waals surface area contributed by atoms with Gasteiger partial charge in [-0.1, -0.05) is 44.2 Å². The average Bonchev–Trinajstić information content (AvgIpc) is 3.43. The van der Waals surface area contributed by atoms with Crippen LogP contribution < -0.4 is 5.32 Å². The van der Waals surface area contributed by atoms with E-state index in [0.29, 0.717) is 17.1 Å². The standard InChI is InChI=1S/C24H24FN5O/c1-15(2)22-20(13-27-30(22)19-11-9-18(25)10-12-19)24(31)28-16(3)23-26-14-21(29-23)17-7-5-4-6-8-17/h4-16H,1-3H3,(H,26,29)(H,28,31). The minimum Gasteiger partial charge on any atom is -0.342 e. The number of hydrogen-bond acceptors (Lipinski definition) is 3. The topological polar surface area (TPSA) is 75.6 Å². The minimum atomic E-state index is -0.320. The second-order valence-electron chi connectivity index (χ2n) is 7.73. The van der Waals surface area contributed by atoms with Gasteiger partial charge in [-0.05, 0) is 42.7 Å². The lowest BCUT2D eigenvalue weighted by Crippen LogP contribution is -2.28. The van der Waals surface area contributed by atoms with Gasteiger partial charge in [0, 0.05) is 0 Å². The van der Waals surface area contributed by atoms with Crippen LogP contribution in [-0.2, 0) is 0 Å². The average molecular weight is 417 g/mol. The number of carbonyl (C=O) groups excluding carboxylic acids is 1. The Morgan fingerprint density at radius 2 is 1.74 bits per heavy atom. The fourth-order valence-corrected chi connectivity index (χ4v) is 3.54. The summed E-state index contributed by atoms with van der Waals surface area (Å²) in [6.45, 7) is 5.87. The minimum absolute atomic E-state index is 0.0388. The molecule has 4 rings (SSSR count). The zero-order valence-electron chi connectivity index (χ0n) is 17.6. The normalized spacial score (nSPS) is 12.2. The first-order valence-electron chi connectivity index (χ1n) is 10.2. The lowest BCUT2D eigenvalue weighted by molar-refractivity contribution is 0.0937. The summed E-state index contributed by atoms with van der Waals surface area (Å²) >= 11 is 0. The van der Waals surface area contributed by atoms with Gasteiger partial charge in [0.15, 0.2) is 0 Å². The van der Waals surface area contributed by atoms with Crippen LogP contribution in [-0.4, -0.2) is 25.7 Å². The Balaban J connectivity index is 1.56. The first-order valence-corrected chi connectivity index (χ1v) is 10.2. The van der Waals surface area contributed by atoms with Gasteiger partial charge in [-0.3, -0.25) is 4.79 Å². The predicted molar refractivity (Wildman–Crippen MR) is 118 cm³/mol. The van der Waals surface area contributed by atoms with Crippen molar-refractivity contribution in [2.24, 2.45) is 0 Å². The van der Waals surface area contributed by atoms with Gasteiger partial charge >= 0.3 is 0 Å².